The van der Waals surface area contributed by atoms with E-state index in [4.69, 9.17) is 20.3 Å². The Morgan fingerprint density at radius 2 is 2.06 bits per heavy atom. The molecule has 1 aromatic carbocycles. The van der Waals surface area contributed by atoms with Crippen LogP contribution in [-0.2, 0) is 16.8 Å². The highest BCUT2D eigenvalue weighted by molar-refractivity contribution is 7.99. The van der Waals surface area contributed by atoms with Crippen molar-refractivity contribution in [2.24, 2.45) is 5.14 Å². The van der Waals surface area contributed by atoms with Gasteiger partial charge in [0.15, 0.2) is 22.1 Å². The van der Waals surface area contributed by atoms with Gasteiger partial charge in [-0.3, -0.25) is 0 Å². The molecule has 0 radical (unpaired) electrons. The normalized spacial score (nSPS) is 12.1. The first kappa shape index (κ1) is 23.7. The number of imidazole rings is 1. The third-order valence-corrected chi connectivity index (χ3v) is 7.72. The molecule has 0 spiro atoms. The number of nitrogens with one attached hydrogen (secondary N) is 2. The molecule has 4 aromatic heterocycles. The van der Waals surface area contributed by atoms with E-state index < -0.39 is 10.2 Å². The lowest BCUT2D eigenvalue weighted by Gasteiger charge is -2.11. The van der Waals surface area contributed by atoms with Crippen molar-refractivity contribution in [2.45, 2.75) is 16.6 Å². The number of hydrogen-bond acceptors (Lipinski definition) is 10. The SMILES string of the molecule is Nc1ncnc2c1nc(Sc1cc3sccc3cc1-c1ccco1)n2CCNCCNS(N)(=O)=O. The maximum absolute atomic E-state index is 11.0. The van der Waals surface area contributed by atoms with Crippen molar-refractivity contribution in [3.8, 4) is 11.3 Å². The number of thiophene rings is 1. The molecule has 182 valence electrons. The molecule has 35 heavy (non-hydrogen) atoms. The molecule has 0 aliphatic heterocycles. The van der Waals surface area contributed by atoms with E-state index in [-0.39, 0.29) is 6.54 Å². The van der Waals surface area contributed by atoms with Gasteiger partial charge in [-0.25, -0.2) is 24.8 Å². The first-order chi connectivity index (χ1) is 16.9. The molecule has 14 heteroatoms. The number of nitrogens with zero attached hydrogens (tertiary/aromatic N) is 4. The molecular weight excluding hydrogens is 508 g/mol. The van der Waals surface area contributed by atoms with Crippen LogP contribution in [0.5, 0.6) is 0 Å². The van der Waals surface area contributed by atoms with Crippen LogP contribution in [0, 0.1) is 0 Å². The highest BCUT2D eigenvalue weighted by Gasteiger charge is 2.19. The van der Waals surface area contributed by atoms with Crippen molar-refractivity contribution >= 4 is 60.4 Å². The smallest absolute Gasteiger partial charge is 0.274 e. The second kappa shape index (κ2) is 9.93. The van der Waals surface area contributed by atoms with E-state index in [2.05, 4.69) is 43.6 Å². The second-order valence-corrected chi connectivity index (χ2v) is 10.9. The van der Waals surface area contributed by atoms with E-state index >= 15 is 0 Å². The summed E-state index contributed by atoms with van der Waals surface area (Å²) in [6.07, 6.45) is 3.07. The van der Waals surface area contributed by atoms with Crippen LogP contribution in [0.4, 0.5) is 5.82 Å². The number of nitrogen functional groups attached to an aromatic ring is 1. The molecule has 0 saturated carbocycles. The first-order valence-corrected chi connectivity index (χ1v) is 13.8. The zero-order valence-electron chi connectivity index (χ0n) is 18.3. The highest BCUT2D eigenvalue weighted by Crippen LogP contribution is 2.40. The molecule has 0 saturated heterocycles. The fourth-order valence-electron chi connectivity index (χ4n) is 3.61. The minimum absolute atomic E-state index is 0.188. The van der Waals surface area contributed by atoms with Crippen LogP contribution in [0.2, 0.25) is 0 Å². The molecule has 0 fully saturated rings. The van der Waals surface area contributed by atoms with Gasteiger partial charge >= 0.3 is 0 Å². The van der Waals surface area contributed by atoms with Crippen LogP contribution >= 0.6 is 23.1 Å². The number of anilines is 1. The zero-order valence-corrected chi connectivity index (χ0v) is 20.8. The summed E-state index contributed by atoms with van der Waals surface area (Å²) < 4.78 is 33.1. The van der Waals surface area contributed by atoms with Crippen LogP contribution in [0.15, 0.2) is 62.8 Å². The fourth-order valence-corrected chi connectivity index (χ4v) is 5.95. The molecular formula is C21H22N8O3S3. The summed E-state index contributed by atoms with van der Waals surface area (Å²) in [4.78, 5) is 14.2. The van der Waals surface area contributed by atoms with Gasteiger partial charge in [-0.1, -0.05) is 11.8 Å². The number of nitrogens with two attached hydrogens (primary N) is 2. The van der Waals surface area contributed by atoms with Crippen LogP contribution in [0.25, 0.3) is 32.6 Å². The standard InChI is InChI=1S/C21H22N8O3S3/c22-19-18-20(26-12-25-19)29(7-6-24-4-5-27-35(23,30)31)21(28-18)34-17-11-16-13(3-9-33-16)10-14(17)15-2-1-8-32-15/h1-3,8-12,24,27H,4-7H2,(H2,22,25,26)(H2,23,30,31). The van der Waals surface area contributed by atoms with E-state index in [9.17, 15) is 8.42 Å². The summed E-state index contributed by atoms with van der Waals surface area (Å²) >= 11 is 3.17. The molecule has 0 unspecified atom stereocenters. The van der Waals surface area contributed by atoms with E-state index in [1.807, 2.05) is 16.7 Å². The molecule has 0 aliphatic carbocycles. The molecule has 4 heterocycles. The summed E-state index contributed by atoms with van der Waals surface area (Å²) in [5.74, 6) is 1.08. The number of benzene rings is 1. The summed E-state index contributed by atoms with van der Waals surface area (Å²) in [6.45, 7) is 1.68. The van der Waals surface area contributed by atoms with Crippen molar-refractivity contribution in [3.05, 3.63) is 48.3 Å². The number of furan rings is 1. The predicted octanol–water partition coefficient (Wildman–Crippen LogP) is 2.42. The largest absolute Gasteiger partial charge is 0.464 e. The van der Waals surface area contributed by atoms with Gasteiger partial charge in [-0.05, 0) is 41.1 Å². The van der Waals surface area contributed by atoms with Crippen molar-refractivity contribution in [1.82, 2.24) is 29.6 Å². The monoisotopic (exact) mass is 530 g/mol. The van der Waals surface area contributed by atoms with Crippen molar-refractivity contribution in [2.75, 3.05) is 25.4 Å². The van der Waals surface area contributed by atoms with Gasteiger partial charge in [0, 0.05) is 41.3 Å². The summed E-state index contributed by atoms with van der Waals surface area (Å²) in [7, 11) is -3.71. The number of hydrogen-bond donors (Lipinski definition) is 4. The molecule has 6 N–H and O–H groups in total. The fraction of sp³-hybridized carbons (Fsp3) is 0.190. The number of fused-ring (bicyclic) bond motifs is 2. The van der Waals surface area contributed by atoms with Gasteiger partial charge < -0.3 is 20.0 Å². The van der Waals surface area contributed by atoms with Crippen molar-refractivity contribution in [1.29, 1.82) is 0 Å². The van der Waals surface area contributed by atoms with Gasteiger partial charge in [0.2, 0.25) is 0 Å². The Morgan fingerprint density at radius 3 is 2.86 bits per heavy atom. The number of aromatic nitrogens is 4. The summed E-state index contributed by atoms with van der Waals surface area (Å²) in [5, 5.41) is 12.1. The van der Waals surface area contributed by atoms with Gasteiger partial charge in [-0.15, -0.1) is 11.3 Å². The van der Waals surface area contributed by atoms with E-state index in [0.29, 0.717) is 41.8 Å². The van der Waals surface area contributed by atoms with Crippen LogP contribution in [0.3, 0.4) is 0 Å². The zero-order chi connectivity index (χ0) is 24.4. The minimum atomic E-state index is -3.71. The lowest BCUT2D eigenvalue weighted by molar-refractivity contribution is 0.559. The Hall–Kier alpha value is -3.01. The molecule has 0 aliphatic rings. The van der Waals surface area contributed by atoms with Crippen LogP contribution in [0.1, 0.15) is 0 Å². The Kier molecular flexibility index (Phi) is 6.73. The molecule has 0 atom stereocenters. The quantitative estimate of drug-likeness (QED) is 0.198. The molecule has 0 amide bonds. The molecule has 5 rings (SSSR count). The molecule has 11 nitrogen and oxygen atoms in total. The van der Waals surface area contributed by atoms with Gasteiger partial charge in [0.05, 0.1) is 6.26 Å². The average molecular weight is 531 g/mol. The summed E-state index contributed by atoms with van der Waals surface area (Å²) in [6, 6.07) is 10.1. The van der Waals surface area contributed by atoms with Gasteiger partial charge in [-0.2, -0.15) is 8.42 Å². The average Bonchev–Trinajstić information content (AvgIpc) is 3.56. The minimum Gasteiger partial charge on any atom is -0.464 e. The van der Waals surface area contributed by atoms with E-state index in [1.165, 1.54) is 18.1 Å². The molecule has 0 bridgehead atoms. The van der Waals surface area contributed by atoms with Crippen LogP contribution in [-0.4, -0.2) is 47.6 Å². The van der Waals surface area contributed by atoms with Crippen molar-refractivity contribution < 1.29 is 12.8 Å². The first-order valence-electron chi connectivity index (χ1n) is 10.6. The van der Waals surface area contributed by atoms with E-state index in [1.54, 1.807) is 17.6 Å². The second-order valence-electron chi connectivity index (χ2n) is 7.55. The topological polar surface area (TPSA) is 167 Å². The predicted molar refractivity (Wildman–Crippen MR) is 137 cm³/mol. The maximum Gasteiger partial charge on any atom is 0.274 e. The lowest BCUT2D eigenvalue weighted by atomic mass is 10.1. The Labute approximate surface area is 209 Å². The van der Waals surface area contributed by atoms with Crippen molar-refractivity contribution in [3.63, 3.8) is 0 Å². The van der Waals surface area contributed by atoms with Gasteiger partial charge in [0.1, 0.15) is 12.1 Å². The Morgan fingerprint density at radius 1 is 1.17 bits per heavy atom. The third kappa shape index (κ3) is 5.32. The lowest BCUT2D eigenvalue weighted by Crippen LogP contribution is -2.36. The van der Waals surface area contributed by atoms with Gasteiger partial charge in [0.25, 0.3) is 10.2 Å². The molecule has 5 aromatic rings. The third-order valence-electron chi connectivity index (χ3n) is 5.18. The summed E-state index contributed by atoms with van der Waals surface area (Å²) in [5.41, 5.74) is 8.22. The maximum atomic E-state index is 11.0. The highest BCUT2D eigenvalue weighted by atomic mass is 32.2. The van der Waals surface area contributed by atoms with Crippen LogP contribution < -0.4 is 20.9 Å². The van der Waals surface area contributed by atoms with E-state index in [0.717, 1.165) is 26.3 Å². The Bertz CT molecular complexity index is 1580. The Balaban J connectivity index is 1.45. The number of rotatable bonds is 10.